The summed E-state index contributed by atoms with van der Waals surface area (Å²) in [6.07, 6.45) is 1.17. The second kappa shape index (κ2) is 9.31. The molecule has 1 heterocycles. The van der Waals surface area contributed by atoms with Gasteiger partial charge in [-0.25, -0.2) is 13.1 Å². The van der Waals surface area contributed by atoms with Gasteiger partial charge in [-0.05, 0) is 41.5 Å². The second-order valence-electron chi connectivity index (χ2n) is 7.61. The van der Waals surface area contributed by atoms with Crippen molar-refractivity contribution in [2.45, 2.75) is 11.4 Å². The van der Waals surface area contributed by atoms with Gasteiger partial charge in [-0.15, -0.1) is 0 Å². The number of sulfone groups is 1. The Balaban J connectivity index is 1.63. The lowest BCUT2D eigenvalue weighted by atomic mass is 10.1. The van der Waals surface area contributed by atoms with E-state index in [0.717, 1.165) is 5.56 Å². The number of nitrogens with one attached hydrogen (secondary N) is 1. The van der Waals surface area contributed by atoms with Gasteiger partial charge in [-0.1, -0.05) is 42.5 Å². The number of rotatable bonds is 6. The number of hydrogen-bond acceptors (Lipinski definition) is 6. The third-order valence-electron chi connectivity index (χ3n) is 5.19. The van der Waals surface area contributed by atoms with Crippen molar-refractivity contribution in [2.24, 2.45) is 5.73 Å². The predicted octanol–water partition coefficient (Wildman–Crippen LogP) is 3.53. The molecule has 3 N–H and O–H groups in total. The van der Waals surface area contributed by atoms with E-state index in [9.17, 15) is 18.5 Å². The van der Waals surface area contributed by atoms with Gasteiger partial charge >= 0.3 is 0 Å². The minimum atomic E-state index is -3.40. The van der Waals surface area contributed by atoms with Crippen LogP contribution in [0.2, 0.25) is 0 Å². The molecule has 0 unspecified atom stereocenters. The summed E-state index contributed by atoms with van der Waals surface area (Å²) in [5.41, 5.74) is 9.29. The molecule has 4 aromatic rings. The van der Waals surface area contributed by atoms with E-state index in [2.05, 4.69) is 10.4 Å². The number of carbonyl (C=O) groups excluding carboxylic acids is 1. The molecule has 9 heteroatoms. The molecule has 0 aliphatic carbocycles. The van der Waals surface area contributed by atoms with Crippen molar-refractivity contribution < 1.29 is 13.2 Å². The number of anilines is 1. The number of hydrogen-bond donors (Lipinski definition) is 2. The van der Waals surface area contributed by atoms with Gasteiger partial charge in [-0.2, -0.15) is 10.4 Å². The van der Waals surface area contributed by atoms with Crippen molar-refractivity contribution >= 4 is 21.4 Å². The van der Waals surface area contributed by atoms with Crippen LogP contribution in [0.5, 0.6) is 0 Å². The highest BCUT2D eigenvalue weighted by molar-refractivity contribution is 7.90. The zero-order chi connectivity index (χ0) is 24.3. The molecule has 0 saturated carbocycles. The molecule has 34 heavy (non-hydrogen) atoms. The van der Waals surface area contributed by atoms with E-state index < -0.39 is 15.7 Å². The average molecular weight is 472 g/mol. The van der Waals surface area contributed by atoms with Gasteiger partial charge in [0.2, 0.25) is 0 Å². The van der Waals surface area contributed by atoms with Crippen LogP contribution in [0.3, 0.4) is 0 Å². The largest absolute Gasteiger partial charge is 0.326 e. The minimum Gasteiger partial charge on any atom is -0.326 e. The summed E-state index contributed by atoms with van der Waals surface area (Å²) >= 11 is 0. The molecule has 3 aromatic carbocycles. The first-order valence-corrected chi connectivity index (χ1v) is 12.2. The van der Waals surface area contributed by atoms with Crippen molar-refractivity contribution in [3.05, 3.63) is 95.8 Å². The zero-order valence-corrected chi connectivity index (χ0v) is 19.1. The van der Waals surface area contributed by atoms with Crippen LogP contribution in [0.4, 0.5) is 5.69 Å². The van der Waals surface area contributed by atoms with E-state index in [1.54, 1.807) is 66.7 Å². The average Bonchev–Trinajstić information content (AvgIpc) is 3.29. The van der Waals surface area contributed by atoms with Crippen molar-refractivity contribution in [1.29, 1.82) is 5.26 Å². The summed E-state index contributed by atoms with van der Waals surface area (Å²) in [5, 5.41) is 16.3. The van der Waals surface area contributed by atoms with Crippen LogP contribution in [-0.4, -0.2) is 30.4 Å². The summed E-state index contributed by atoms with van der Waals surface area (Å²) in [6.45, 7) is 0.330. The fourth-order valence-corrected chi connectivity index (χ4v) is 4.48. The molecular weight excluding hydrogens is 450 g/mol. The van der Waals surface area contributed by atoms with E-state index in [-0.39, 0.29) is 16.3 Å². The summed E-state index contributed by atoms with van der Waals surface area (Å²) in [4.78, 5) is 13.3. The Morgan fingerprint density at radius 2 is 1.79 bits per heavy atom. The Bertz CT molecular complexity index is 1520. The molecule has 0 saturated heterocycles. The van der Waals surface area contributed by atoms with Gasteiger partial charge < -0.3 is 11.1 Å². The molecule has 0 aliphatic rings. The number of carbonyl (C=O) groups is 1. The molecule has 1 aromatic heterocycles. The molecule has 0 spiro atoms. The first-order chi connectivity index (χ1) is 16.3. The van der Waals surface area contributed by atoms with Crippen LogP contribution >= 0.6 is 0 Å². The maximum atomic E-state index is 13.0. The van der Waals surface area contributed by atoms with Gasteiger partial charge in [0.1, 0.15) is 11.8 Å². The third-order valence-corrected chi connectivity index (χ3v) is 6.34. The second-order valence-corrected chi connectivity index (χ2v) is 9.60. The fraction of sp³-hybridized carbons (Fsp3) is 0.0800. The quantitative estimate of drug-likeness (QED) is 0.442. The number of amides is 1. The summed E-state index contributed by atoms with van der Waals surface area (Å²) in [6, 6.07) is 24.2. The maximum Gasteiger partial charge on any atom is 0.274 e. The van der Waals surface area contributed by atoms with Crippen LogP contribution in [0, 0.1) is 11.3 Å². The Hall–Kier alpha value is -4.26. The molecule has 0 radical (unpaired) electrons. The van der Waals surface area contributed by atoms with Crippen LogP contribution in [0.15, 0.2) is 83.8 Å². The van der Waals surface area contributed by atoms with E-state index in [1.807, 2.05) is 12.1 Å². The summed E-state index contributed by atoms with van der Waals surface area (Å²) in [5.74, 6) is -0.448. The Labute approximate surface area is 197 Å². The molecule has 1 amide bonds. The van der Waals surface area contributed by atoms with Gasteiger partial charge in [0.15, 0.2) is 15.5 Å². The fourth-order valence-electron chi connectivity index (χ4n) is 3.57. The summed E-state index contributed by atoms with van der Waals surface area (Å²) in [7, 11) is -3.40. The SMILES string of the molecule is CS(=O)(=O)c1ccccc1-c1ccc(NC(=O)c2cc(C#N)nn2-c2cccc(CN)c2)cc1. The zero-order valence-electron chi connectivity index (χ0n) is 18.3. The van der Waals surface area contributed by atoms with Gasteiger partial charge in [0.25, 0.3) is 5.91 Å². The van der Waals surface area contributed by atoms with Gasteiger partial charge in [0.05, 0.1) is 10.6 Å². The topological polar surface area (TPSA) is 131 Å². The molecule has 0 aliphatic heterocycles. The van der Waals surface area contributed by atoms with Crippen LogP contribution < -0.4 is 11.1 Å². The van der Waals surface area contributed by atoms with Crippen molar-refractivity contribution in [1.82, 2.24) is 9.78 Å². The molecule has 170 valence electrons. The highest BCUT2D eigenvalue weighted by atomic mass is 32.2. The normalized spacial score (nSPS) is 11.1. The monoisotopic (exact) mass is 471 g/mol. The first kappa shape index (κ1) is 22.9. The van der Waals surface area contributed by atoms with Crippen LogP contribution in [-0.2, 0) is 16.4 Å². The van der Waals surface area contributed by atoms with Crippen molar-refractivity contribution in [2.75, 3.05) is 11.6 Å². The third kappa shape index (κ3) is 4.73. The number of benzene rings is 3. The Kier molecular flexibility index (Phi) is 6.27. The maximum absolute atomic E-state index is 13.0. The van der Waals surface area contributed by atoms with Crippen LogP contribution in [0.25, 0.3) is 16.8 Å². The molecule has 8 nitrogen and oxygen atoms in total. The van der Waals surface area contributed by atoms with Crippen LogP contribution in [0.1, 0.15) is 21.7 Å². The molecule has 4 rings (SSSR count). The first-order valence-electron chi connectivity index (χ1n) is 10.3. The molecule has 0 atom stereocenters. The minimum absolute atomic E-state index is 0.107. The lowest BCUT2D eigenvalue weighted by Crippen LogP contribution is -2.17. The van der Waals surface area contributed by atoms with E-state index in [1.165, 1.54) is 17.0 Å². The molecule has 0 bridgehead atoms. The van der Waals surface area contributed by atoms with Crippen molar-refractivity contribution in [3.8, 4) is 22.9 Å². The number of aromatic nitrogens is 2. The number of nitrogens with zero attached hydrogens (tertiary/aromatic N) is 3. The molecule has 0 fully saturated rings. The lowest BCUT2D eigenvalue weighted by Gasteiger charge is -2.11. The van der Waals surface area contributed by atoms with E-state index >= 15 is 0 Å². The highest BCUT2D eigenvalue weighted by Gasteiger charge is 2.18. The Morgan fingerprint density at radius 3 is 2.47 bits per heavy atom. The highest BCUT2D eigenvalue weighted by Crippen LogP contribution is 2.28. The van der Waals surface area contributed by atoms with Crippen molar-refractivity contribution in [3.63, 3.8) is 0 Å². The number of nitrogens with two attached hydrogens (primary N) is 1. The van der Waals surface area contributed by atoms with Gasteiger partial charge in [-0.3, -0.25) is 4.79 Å². The van der Waals surface area contributed by atoms with E-state index in [4.69, 9.17) is 5.73 Å². The van der Waals surface area contributed by atoms with Gasteiger partial charge in [0, 0.05) is 30.1 Å². The van der Waals surface area contributed by atoms with E-state index in [0.29, 0.717) is 29.0 Å². The predicted molar refractivity (Wildman–Crippen MR) is 129 cm³/mol. The number of nitriles is 1. The lowest BCUT2D eigenvalue weighted by molar-refractivity contribution is 0.101. The summed E-state index contributed by atoms with van der Waals surface area (Å²) < 4.78 is 25.6. The smallest absolute Gasteiger partial charge is 0.274 e. The Morgan fingerprint density at radius 1 is 1.06 bits per heavy atom. The molecular formula is C25H21N5O3S. The standard InChI is InChI=1S/C25H21N5O3S/c1-34(32,33)24-8-3-2-7-22(24)18-9-11-19(12-10-18)28-25(31)23-14-20(16-27)29-30(23)21-6-4-5-17(13-21)15-26/h2-14H,15,26H2,1H3,(H,28,31).